The summed E-state index contributed by atoms with van der Waals surface area (Å²) in [5, 5.41) is 2.72. The van der Waals surface area contributed by atoms with Crippen LogP contribution in [-0.4, -0.2) is 37.4 Å². The van der Waals surface area contributed by atoms with Crippen LogP contribution in [0.4, 0.5) is 0 Å². The molecule has 4 nitrogen and oxygen atoms in total. The van der Waals surface area contributed by atoms with Crippen molar-refractivity contribution in [3.63, 3.8) is 0 Å². The Labute approximate surface area is 120 Å². The number of nitrogens with zero attached hydrogens (tertiary/aromatic N) is 1. The van der Waals surface area contributed by atoms with Crippen molar-refractivity contribution in [1.29, 1.82) is 0 Å². The van der Waals surface area contributed by atoms with Gasteiger partial charge in [-0.2, -0.15) is 0 Å². The fourth-order valence-electron chi connectivity index (χ4n) is 1.44. The van der Waals surface area contributed by atoms with Crippen molar-refractivity contribution in [1.82, 2.24) is 10.2 Å². The molecule has 1 N–H and O–H groups in total. The molecule has 0 aromatic heterocycles. The highest BCUT2D eigenvalue weighted by molar-refractivity contribution is 5.93. The molecule has 0 heterocycles. The molecule has 1 aromatic rings. The summed E-state index contributed by atoms with van der Waals surface area (Å²) in [6.45, 7) is 4.00. The molecule has 1 aromatic carbocycles. The monoisotopic (exact) mass is 272 g/mol. The van der Waals surface area contributed by atoms with E-state index in [1.807, 2.05) is 13.8 Å². The second-order valence-electron chi connectivity index (χ2n) is 4.95. The zero-order valence-corrected chi connectivity index (χ0v) is 12.4. The van der Waals surface area contributed by atoms with Crippen LogP contribution in [0.5, 0.6) is 0 Å². The smallest absolute Gasteiger partial charge is 0.253 e. The fraction of sp³-hybridized carbons (Fsp3) is 0.375. The second kappa shape index (κ2) is 7.34. The highest BCUT2D eigenvalue weighted by Crippen LogP contribution is 2.05. The van der Waals surface area contributed by atoms with E-state index in [2.05, 4.69) is 17.2 Å². The third-order valence-corrected chi connectivity index (χ3v) is 2.65. The number of nitrogens with one attached hydrogen (secondary N) is 1. The first-order valence-corrected chi connectivity index (χ1v) is 6.50. The summed E-state index contributed by atoms with van der Waals surface area (Å²) in [4.78, 5) is 24.5. The largest absolute Gasteiger partial charge is 0.345 e. The standard InChI is InChI=1S/C16H20N2O2/c1-12(2)15(19)17-11-5-6-13-7-9-14(10-8-13)16(20)18(3)4/h7-10,12H,11H2,1-4H3,(H,17,19). The lowest BCUT2D eigenvalue weighted by molar-refractivity contribution is -0.123. The normalized spacial score (nSPS) is 9.65. The first kappa shape index (κ1) is 15.8. The van der Waals surface area contributed by atoms with E-state index in [1.165, 1.54) is 4.90 Å². The molecule has 0 radical (unpaired) electrons. The number of hydrogen-bond acceptors (Lipinski definition) is 2. The van der Waals surface area contributed by atoms with E-state index in [0.29, 0.717) is 12.1 Å². The molecule has 0 aliphatic rings. The summed E-state index contributed by atoms with van der Waals surface area (Å²) >= 11 is 0. The molecule has 0 saturated heterocycles. The lowest BCUT2D eigenvalue weighted by atomic mass is 10.1. The molecule has 0 saturated carbocycles. The van der Waals surface area contributed by atoms with Crippen molar-refractivity contribution in [3.05, 3.63) is 35.4 Å². The molecule has 0 bridgehead atoms. The summed E-state index contributed by atoms with van der Waals surface area (Å²) in [5.74, 6) is 5.75. The van der Waals surface area contributed by atoms with Gasteiger partial charge in [0.2, 0.25) is 5.91 Å². The van der Waals surface area contributed by atoms with E-state index < -0.39 is 0 Å². The Morgan fingerprint density at radius 1 is 1.20 bits per heavy atom. The number of hydrogen-bond donors (Lipinski definition) is 1. The van der Waals surface area contributed by atoms with Gasteiger partial charge < -0.3 is 10.2 Å². The van der Waals surface area contributed by atoms with Gasteiger partial charge in [0.15, 0.2) is 0 Å². The number of carbonyl (C=O) groups is 2. The minimum Gasteiger partial charge on any atom is -0.345 e. The van der Waals surface area contributed by atoms with E-state index in [-0.39, 0.29) is 17.7 Å². The van der Waals surface area contributed by atoms with Crippen LogP contribution in [0.1, 0.15) is 29.8 Å². The topological polar surface area (TPSA) is 49.4 Å². The molecule has 0 spiro atoms. The number of rotatable bonds is 3. The lowest BCUT2D eigenvalue weighted by Gasteiger charge is -2.09. The van der Waals surface area contributed by atoms with Gasteiger partial charge in [0.1, 0.15) is 0 Å². The molecule has 20 heavy (non-hydrogen) atoms. The van der Waals surface area contributed by atoms with E-state index in [9.17, 15) is 9.59 Å². The van der Waals surface area contributed by atoms with E-state index >= 15 is 0 Å². The summed E-state index contributed by atoms with van der Waals surface area (Å²) in [7, 11) is 3.43. The minimum absolute atomic E-state index is 0.00812. The van der Waals surface area contributed by atoms with Gasteiger partial charge in [-0.15, -0.1) is 0 Å². The molecule has 0 aliphatic heterocycles. The molecular formula is C16H20N2O2. The summed E-state index contributed by atoms with van der Waals surface area (Å²) in [6, 6.07) is 7.10. The van der Waals surface area contributed by atoms with Crippen molar-refractivity contribution >= 4 is 11.8 Å². The Morgan fingerprint density at radius 2 is 1.80 bits per heavy atom. The average molecular weight is 272 g/mol. The Bertz CT molecular complexity index is 534. The third-order valence-electron chi connectivity index (χ3n) is 2.65. The van der Waals surface area contributed by atoms with Crippen LogP contribution in [0.25, 0.3) is 0 Å². The van der Waals surface area contributed by atoms with Gasteiger partial charge in [0.05, 0.1) is 6.54 Å². The number of carbonyl (C=O) groups excluding carboxylic acids is 2. The van der Waals surface area contributed by atoms with Crippen molar-refractivity contribution in [2.75, 3.05) is 20.6 Å². The molecule has 2 amide bonds. The number of benzene rings is 1. The fourth-order valence-corrected chi connectivity index (χ4v) is 1.44. The third kappa shape index (κ3) is 4.77. The maximum atomic E-state index is 11.7. The van der Waals surface area contributed by atoms with E-state index in [0.717, 1.165) is 5.56 Å². The zero-order valence-electron chi connectivity index (χ0n) is 12.4. The first-order valence-electron chi connectivity index (χ1n) is 6.50. The Kier molecular flexibility index (Phi) is 5.79. The van der Waals surface area contributed by atoms with Crippen molar-refractivity contribution < 1.29 is 9.59 Å². The Morgan fingerprint density at radius 3 is 2.30 bits per heavy atom. The van der Waals surface area contributed by atoms with Gasteiger partial charge in [-0.1, -0.05) is 25.7 Å². The maximum Gasteiger partial charge on any atom is 0.253 e. The van der Waals surface area contributed by atoms with E-state index in [4.69, 9.17) is 0 Å². The average Bonchev–Trinajstić information content (AvgIpc) is 2.43. The Balaban J connectivity index is 2.59. The van der Waals surface area contributed by atoms with Crippen LogP contribution in [0, 0.1) is 17.8 Å². The zero-order chi connectivity index (χ0) is 15.1. The molecule has 0 atom stereocenters. The molecule has 0 fully saturated rings. The van der Waals surface area contributed by atoms with Gasteiger partial charge in [-0.25, -0.2) is 0 Å². The van der Waals surface area contributed by atoms with Crippen LogP contribution in [0.2, 0.25) is 0 Å². The highest BCUT2D eigenvalue weighted by atomic mass is 16.2. The second-order valence-corrected chi connectivity index (χ2v) is 4.95. The molecule has 0 aliphatic carbocycles. The van der Waals surface area contributed by atoms with Crippen LogP contribution in [-0.2, 0) is 4.79 Å². The van der Waals surface area contributed by atoms with Crippen LogP contribution >= 0.6 is 0 Å². The van der Waals surface area contributed by atoms with Crippen LogP contribution in [0.3, 0.4) is 0 Å². The lowest BCUT2D eigenvalue weighted by Crippen LogP contribution is -2.27. The maximum absolute atomic E-state index is 11.7. The number of amides is 2. The van der Waals surface area contributed by atoms with Crippen molar-refractivity contribution in [3.8, 4) is 11.8 Å². The summed E-state index contributed by atoms with van der Waals surface area (Å²) < 4.78 is 0. The Hall–Kier alpha value is -2.28. The van der Waals surface area contributed by atoms with Gasteiger partial charge in [0, 0.05) is 31.1 Å². The molecule has 1 rings (SSSR count). The first-order chi connectivity index (χ1) is 9.41. The van der Waals surface area contributed by atoms with Gasteiger partial charge in [-0.3, -0.25) is 9.59 Å². The summed E-state index contributed by atoms with van der Waals surface area (Å²) in [6.07, 6.45) is 0. The van der Waals surface area contributed by atoms with Crippen molar-refractivity contribution in [2.24, 2.45) is 5.92 Å². The van der Waals surface area contributed by atoms with Gasteiger partial charge >= 0.3 is 0 Å². The SMILES string of the molecule is CC(C)C(=O)NCC#Cc1ccc(C(=O)N(C)C)cc1. The molecule has 0 unspecified atom stereocenters. The minimum atomic E-state index is -0.0341. The van der Waals surface area contributed by atoms with Crippen molar-refractivity contribution in [2.45, 2.75) is 13.8 Å². The molecule has 106 valence electrons. The van der Waals surface area contributed by atoms with Crippen LogP contribution < -0.4 is 5.32 Å². The van der Waals surface area contributed by atoms with Gasteiger partial charge in [0.25, 0.3) is 5.91 Å². The molecule has 4 heteroatoms. The van der Waals surface area contributed by atoms with Crippen LogP contribution in [0.15, 0.2) is 24.3 Å². The summed E-state index contributed by atoms with van der Waals surface area (Å²) in [5.41, 5.74) is 1.45. The van der Waals surface area contributed by atoms with Gasteiger partial charge in [-0.05, 0) is 24.3 Å². The quantitative estimate of drug-likeness (QED) is 0.848. The predicted octanol–water partition coefficient (Wildman–Crippen LogP) is 1.51. The van der Waals surface area contributed by atoms with E-state index in [1.54, 1.807) is 38.4 Å². The predicted molar refractivity (Wildman–Crippen MR) is 79.2 cm³/mol. The molecular weight excluding hydrogens is 252 g/mol. The highest BCUT2D eigenvalue weighted by Gasteiger charge is 2.06.